The maximum absolute atomic E-state index is 12.2. The van der Waals surface area contributed by atoms with Crippen molar-refractivity contribution in [2.75, 3.05) is 5.32 Å². The van der Waals surface area contributed by atoms with E-state index < -0.39 is 5.97 Å². The highest BCUT2D eigenvalue weighted by atomic mass is 16.4. The number of rotatable bonds is 6. The lowest BCUT2D eigenvalue weighted by molar-refractivity contribution is -0.116. The highest BCUT2D eigenvalue weighted by Crippen LogP contribution is 2.15. The number of carboxylic acid groups (broad SMARTS) is 1. The van der Waals surface area contributed by atoms with Gasteiger partial charge in [0.15, 0.2) is 5.78 Å². The largest absolute Gasteiger partial charge is 0.478 e. The third kappa shape index (κ3) is 4.52. The van der Waals surface area contributed by atoms with E-state index in [1.807, 2.05) is 26.0 Å². The van der Waals surface area contributed by atoms with E-state index in [-0.39, 0.29) is 30.1 Å². The molecule has 5 nitrogen and oxygen atoms in total. The number of hydrogen-bond acceptors (Lipinski definition) is 3. The Morgan fingerprint density at radius 1 is 0.958 bits per heavy atom. The smallest absolute Gasteiger partial charge is 0.335 e. The van der Waals surface area contributed by atoms with Crippen LogP contribution in [0.2, 0.25) is 0 Å². The van der Waals surface area contributed by atoms with Gasteiger partial charge in [-0.15, -0.1) is 0 Å². The van der Waals surface area contributed by atoms with Gasteiger partial charge >= 0.3 is 5.97 Å². The van der Waals surface area contributed by atoms with Gasteiger partial charge in [0.2, 0.25) is 5.91 Å². The van der Waals surface area contributed by atoms with Crippen molar-refractivity contribution in [2.24, 2.45) is 0 Å². The molecule has 24 heavy (non-hydrogen) atoms. The Bertz CT molecular complexity index is 778. The summed E-state index contributed by atoms with van der Waals surface area (Å²) in [6, 6.07) is 11.5. The highest BCUT2D eigenvalue weighted by molar-refractivity contribution is 6.01. The fourth-order valence-corrected chi connectivity index (χ4v) is 2.41. The summed E-state index contributed by atoms with van der Waals surface area (Å²) >= 11 is 0. The minimum atomic E-state index is -1.02. The number of aryl methyl sites for hydroxylation is 2. The van der Waals surface area contributed by atoms with Gasteiger partial charge in [-0.25, -0.2) is 4.79 Å². The summed E-state index contributed by atoms with van der Waals surface area (Å²) in [6.45, 7) is 3.84. The van der Waals surface area contributed by atoms with E-state index in [0.717, 1.165) is 11.1 Å². The summed E-state index contributed by atoms with van der Waals surface area (Å²) in [5.41, 5.74) is 3.29. The maximum atomic E-state index is 12.2. The predicted molar refractivity (Wildman–Crippen MR) is 91.5 cm³/mol. The first-order valence-electron chi connectivity index (χ1n) is 7.60. The zero-order valence-corrected chi connectivity index (χ0v) is 13.6. The number of ketones is 1. The third-order valence-electron chi connectivity index (χ3n) is 3.68. The molecule has 5 heteroatoms. The summed E-state index contributed by atoms with van der Waals surface area (Å²) in [5.74, 6) is -1.37. The number of hydrogen-bond donors (Lipinski definition) is 2. The number of benzene rings is 2. The van der Waals surface area contributed by atoms with Gasteiger partial charge in [0.1, 0.15) is 0 Å². The molecule has 0 fully saturated rings. The first-order valence-corrected chi connectivity index (χ1v) is 7.60. The lowest BCUT2D eigenvalue weighted by atomic mass is 9.99. The Morgan fingerprint density at radius 2 is 1.62 bits per heavy atom. The van der Waals surface area contributed by atoms with Crippen molar-refractivity contribution in [3.8, 4) is 0 Å². The van der Waals surface area contributed by atoms with Gasteiger partial charge in [0, 0.05) is 24.1 Å². The van der Waals surface area contributed by atoms with Gasteiger partial charge < -0.3 is 10.4 Å². The molecule has 0 radical (unpaired) electrons. The van der Waals surface area contributed by atoms with Crippen LogP contribution in [0.1, 0.15) is 44.7 Å². The van der Waals surface area contributed by atoms with Crippen LogP contribution in [0.4, 0.5) is 5.69 Å². The van der Waals surface area contributed by atoms with E-state index in [2.05, 4.69) is 5.32 Å². The van der Waals surface area contributed by atoms with E-state index in [1.165, 1.54) is 24.3 Å². The average Bonchev–Trinajstić information content (AvgIpc) is 2.53. The fraction of sp³-hybridized carbons (Fsp3) is 0.211. The zero-order chi connectivity index (χ0) is 17.7. The molecule has 0 spiro atoms. The molecule has 2 rings (SSSR count). The second kappa shape index (κ2) is 7.55. The number of aromatic carboxylic acids is 1. The van der Waals surface area contributed by atoms with Gasteiger partial charge in [-0.3, -0.25) is 9.59 Å². The van der Waals surface area contributed by atoms with Crippen molar-refractivity contribution in [1.82, 2.24) is 0 Å². The maximum Gasteiger partial charge on any atom is 0.335 e. The number of carboxylic acids is 1. The molecule has 0 saturated carbocycles. The lowest BCUT2D eigenvalue weighted by Gasteiger charge is -2.07. The number of Topliss-reactive ketones (excluding diaryl/α,β-unsaturated/α-hetero) is 1. The van der Waals surface area contributed by atoms with Crippen LogP contribution in [-0.2, 0) is 4.79 Å². The molecule has 0 aromatic heterocycles. The van der Waals surface area contributed by atoms with Gasteiger partial charge in [-0.2, -0.15) is 0 Å². The van der Waals surface area contributed by atoms with E-state index >= 15 is 0 Å². The molecule has 0 unspecified atom stereocenters. The predicted octanol–water partition coefficient (Wildman–Crippen LogP) is 3.60. The van der Waals surface area contributed by atoms with Crippen molar-refractivity contribution in [2.45, 2.75) is 26.7 Å². The van der Waals surface area contributed by atoms with Crippen molar-refractivity contribution in [3.63, 3.8) is 0 Å². The lowest BCUT2D eigenvalue weighted by Crippen LogP contribution is -2.14. The van der Waals surface area contributed by atoms with Crippen LogP contribution >= 0.6 is 0 Å². The number of amides is 1. The molecule has 0 aliphatic heterocycles. The van der Waals surface area contributed by atoms with E-state index in [1.54, 1.807) is 6.07 Å². The van der Waals surface area contributed by atoms with E-state index in [9.17, 15) is 14.4 Å². The SMILES string of the molecule is Cc1ccc(C(=O)CCC(=O)Nc2ccc(C(=O)O)cc2)c(C)c1. The van der Waals surface area contributed by atoms with Gasteiger partial charge in [-0.05, 0) is 43.7 Å². The molecule has 2 N–H and O–H groups in total. The van der Waals surface area contributed by atoms with Crippen molar-refractivity contribution in [3.05, 3.63) is 64.7 Å². The van der Waals surface area contributed by atoms with E-state index in [0.29, 0.717) is 11.3 Å². The molecule has 2 aromatic carbocycles. The Balaban J connectivity index is 1.90. The topological polar surface area (TPSA) is 83.5 Å². The summed E-state index contributed by atoms with van der Waals surface area (Å²) in [5, 5.41) is 11.5. The average molecular weight is 325 g/mol. The zero-order valence-electron chi connectivity index (χ0n) is 13.6. The Hall–Kier alpha value is -2.95. The Morgan fingerprint density at radius 3 is 2.21 bits per heavy atom. The van der Waals surface area contributed by atoms with Gasteiger partial charge in [0.25, 0.3) is 0 Å². The van der Waals surface area contributed by atoms with Crippen LogP contribution in [0, 0.1) is 13.8 Å². The monoisotopic (exact) mass is 325 g/mol. The van der Waals surface area contributed by atoms with Crippen LogP contribution in [-0.4, -0.2) is 22.8 Å². The fourth-order valence-electron chi connectivity index (χ4n) is 2.41. The quantitative estimate of drug-likeness (QED) is 0.795. The molecule has 2 aromatic rings. The van der Waals surface area contributed by atoms with Crippen LogP contribution in [0.15, 0.2) is 42.5 Å². The van der Waals surface area contributed by atoms with Crippen LogP contribution in [0.3, 0.4) is 0 Å². The molecule has 0 aliphatic carbocycles. The van der Waals surface area contributed by atoms with Gasteiger partial charge in [-0.1, -0.05) is 23.8 Å². The molecule has 0 aliphatic rings. The molecule has 0 saturated heterocycles. The molecule has 0 atom stereocenters. The first kappa shape index (κ1) is 17.4. The summed E-state index contributed by atoms with van der Waals surface area (Å²) < 4.78 is 0. The molecular formula is C19H19NO4. The van der Waals surface area contributed by atoms with Crippen molar-refractivity contribution >= 4 is 23.3 Å². The van der Waals surface area contributed by atoms with Crippen LogP contribution < -0.4 is 5.32 Å². The number of carbonyl (C=O) groups is 3. The van der Waals surface area contributed by atoms with Gasteiger partial charge in [0.05, 0.1) is 5.56 Å². The standard InChI is InChI=1S/C19H19NO4/c1-12-3-8-16(13(2)11-12)17(21)9-10-18(22)20-15-6-4-14(5-7-15)19(23)24/h3-8,11H,9-10H2,1-2H3,(H,20,22)(H,23,24). The molecule has 124 valence electrons. The summed E-state index contributed by atoms with van der Waals surface area (Å²) in [7, 11) is 0. The van der Waals surface area contributed by atoms with Crippen molar-refractivity contribution in [1.29, 1.82) is 0 Å². The molecule has 1 amide bonds. The normalized spacial score (nSPS) is 10.2. The summed E-state index contributed by atoms with van der Waals surface area (Å²) in [4.78, 5) is 34.9. The van der Waals surface area contributed by atoms with Crippen molar-refractivity contribution < 1.29 is 19.5 Å². The minimum absolute atomic E-state index is 0.0659. The Labute approximate surface area is 140 Å². The van der Waals surface area contributed by atoms with Crippen LogP contribution in [0.25, 0.3) is 0 Å². The van der Waals surface area contributed by atoms with E-state index in [4.69, 9.17) is 5.11 Å². The molecule has 0 bridgehead atoms. The Kier molecular flexibility index (Phi) is 5.47. The highest BCUT2D eigenvalue weighted by Gasteiger charge is 2.12. The first-order chi connectivity index (χ1) is 11.4. The second-order valence-corrected chi connectivity index (χ2v) is 5.67. The number of anilines is 1. The number of nitrogens with one attached hydrogen (secondary N) is 1. The molecule has 0 heterocycles. The van der Waals surface area contributed by atoms with Crippen LogP contribution in [0.5, 0.6) is 0 Å². The number of carbonyl (C=O) groups excluding carboxylic acids is 2. The third-order valence-corrected chi connectivity index (χ3v) is 3.68. The second-order valence-electron chi connectivity index (χ2n) is 5.67. The molecular weight excluding hydrogens is 306 g/mol. The summed E-state index contributed by atoms with van der Waals surface area (Å²) in [6.07, 6.45) is 0.204. The minimum Gasteiger partial charge on any atom is -0.478 e.